The number of anilines is 1. The van der Waals surface area contributed by atoms with Crippen molar-refractivity contribution in [3.05, 3.63) is 60.2 Å². The first-order valence-electron chi connectivity index (χ1n) is 9.32. The summed E-state index contributed by atoms with van der Waals surface area (Å²) in [6.45, 7) is 2.29. The molecule has 1 amide bonds. The molecule has 152 valence electrons. The Morgan fingerprint density at radius 3 is 2.29 bits per heavy atom. The molecule has 1 atom stereocenters. The van der Waals surface area contributed by atoms with Crippen LogP contribution in [-0.4, -0.2) is 40.3 Å². The largest absolute Gasteiger partial charge is 0.497 e. The van der Waals surface area contributed by atoms with Gasteiger partial charge in [-0.25, -0.2) is 8.42 Å². The van der Waals surface area contributed by atoms with Gasteiger partial charge in [0.05, 0.1) is 19.1 Å². The highest BCUT2D eigenvalue weighted by Gasteiger charge is 2.31. The fourth-order valence-electron chi connectivity index (χ4n) is 3.06. The molecule has 0 heterocycles. The van der Waals surface area contributed by atoms with Crippen LogP contribution < -0.4 is 14.4 Å². The highest BCUT2D eigenvalue weighted by Crippen LogP contribution is 2.25. The van der Waals surface area contributed by atoms with E-state index in [1.807, 2.05) is 30.3 Å². The maximum atomic E-state index is 12.7. The zero-order chi connectivity index (χ0) is 20.6. The Balaban J connectivity index is 2.06. The van der Waals surface area contributed by atoms with Gasteiger partial charge in [-0.15, -0.1) is 0 Å². The van der Waals surface area contributed by atoms with Crippen molar-refractivity contribution >= 4 is 21.6 Å². The number of sulfonamides is 1. The van der Waals surface area contributed by atoms with E-state index in [1.165, 1.54) is 9.87 Å². The van der Waals surface area contributed by atoms with Crippen LogP contribution >= 0.6 is 0 Å². The molecule has 0 radical (unpaired) electrons. The third kappa shape index (κ3) is 5.99. The molecule has 0 fully saturated rings. The number of methoxy groups -OCH3 is 1. The lowest BCUT2D eigenvalue weighted by Gasteiger charge is -2.30. The van der Waals surface area contributed by atoms with Gasteiger partial charge in [-0.3, -0.25) is 9.10 Å². The first-order chi connectivity index (χ1) is 13.4. The quantitative estimate of drug-likeness (QED) is 0.618. The van der Waals surface area contributed by atoms with Crippen LogP contribution in [0.3, 0.4) is 0 Å². The second-order valence-electron chi connectivity index (χ2n) is 6.56. The molecule has 0 bridgehead atoms. The van der Waals surface area contributed by atoms with E-state index in [4.69, 9.17) is 4.74 Å². The van der Waals surface area contributed by atoms with Gasteiger partial charge in [-0.1, -0.05) is 37.3 Å². The summed E-state index contributed by atoms with van der Waals surface area (Å²) in [5, 5.41) is 2.88. The number of nitrogens with zero attached hydrogens (tertiary/aromatic N) is 1. The van der Waals surface area contributed by atoms with Crippen LogP contribution in [0.15, 0.2) is 54.6 Å². The molecule has 0 aliphatic heterocycles. The van der Waals surface area contributed by atoms with Gasteiger partial charge in [-0.05, 0) is 49.1 Å². The van der Waals surface area contributed by atoms with Gasteiger partial charge in [0.25, 0.3) is 0 Å². The molecule has 0 spiro atoms. The molecule has 2 aromatic rings. The number of rotatable bonds is 10. The van der Waals surface area contributed by atoms with Crippen molar-refractivity contribution in [2.24, 2.45) is 0 Å². The Morgan fingerprint density at radius 1 is 1.11 bits per heavy atom. The van der Waals surface area contributed by atoms with Gasteiger partial charge >= 0.3 is 0 Å². The topological polar surface area (TPSA) is 75.7 Å². The molecule has 1 N–H and O–H groups in total. The van der Waals surface area contributed by atoms with E-state index in [0.29, 0.717) is 24.4 Å². The van der Waals surface area contributed by atoms with E-state index in [9.17, 15) is 13.2 Å². The van der Waals surface area contributed by atoms with Crippen molar-refractivity contribution in [2.75, 3.05) is 24.2 Å². The van der Waals surface area contributed by atoms with E-state index in [-0.39, 0.29) is 5.91 Å². The minimum atomic E-state index is -3.64. The minimum absolute atomic E-state index is 0.295. The molecule has 6 nitrogen and oxygen atoms in total. The van der Waals surface area contributed by atoms with Crippen LogP contribution in [0, 0.1) is 0 Å². The summed E-state index contributed by atoms with van der Waals surface area (Å²) in [4.78, 5) is 12.7. The Bertz CT molecular complexity index is 852. The van der Waals surface area contributed by atoms with Gasteiger partial charge in [0.2, 0.25) is 15.9 Å². The van der Waals surface area contributed by atoms with Crippen LogP contribution in [0.1, 0.15) is 25.3 Å². The molecule has 0 aromatic heterocycles. The Hall–Kier alpha value is -2.54. The zero-order valence-electron chi connectivity index (χ0n) is 16.6. The number of aryl methyl sites for hydroxylation is 1. The number of hydrogen-bond donors (Lipinski definition) is 1. The van der Waals surface area contributed by atoms with E-state index in [0.717, 1.165) is 19.1 Å². The van der Waals surface area contributed by atoms with Crippen molar-refractivity contribution in [1.82, 2.24) is 5.32 Å². The smallest absolute Gasteiger partial charge is 0.243 e. The van der Waals surface area contributed by atoms with E-state index in [1.54, 1.807) is 38.3 Å². The summed E-state index contributed by atoms with van der Waals surface area (Å²) in [5.74, 6) is 0.326. The predicted molar refractivity (Wildman–Crippen MR) is 112 cm³/mol. The van der Waals surface area contributed by atoms with Crippen LogP contribution in [0.5, 0.6) is 5.75 Å². The Morgan fingerprint density at radius 2 is 1.75 bits per heavy atom. The predicted octanol–water partition coefficient (Wildman–Crippen LogP) is 2.99. The van der Waals surface area contributed by atoms with E-state index in [2.05, 4.69) is 5.32 Å². The van der Waals surface area contributed by atoms with Crippen LogP contribution in [0.2, 0.25) is 0 Å². The minimum Gasteiger partial charge on any atom is -0.497 e. The Labute approximate surface area is 167 Å². The van der Waals surface area contributed by atoms with E-state index >= 15 is 0 Å². The maximum Gasteiger partial charge on any atom is 0.243 e. The molecular formula is C21H28N2O4S. The van der Waals surface area contributed by atoms with Crippen molar-refractivity contribution in [3.63, 3.8) is 0 Å². The van der Waals surface area contributed by atoms with Crippen molar-refractivity contribution in [2.45, 2.75) is 32.2 Å². The third-order valence-electron chi connectivity index (χ3n) is 4.44. The summed E-state index contributed by atoms with van der Waals surface area (Å²) in [6, 6.07) is 15.9. The lowest BCUT2D eigenvalue weighted by Crippen LogP contribution is -2.49. The average Bonchev–Trinajstić information content (AvgIpc) is 2.69. The molecular weight excluding hydrogens is 376 g/mol. The lowest BCUT2D eigenvalue weighted by atomic mass is 10.1. The number of nitrogens with one attached hydrogen (secondary N) is 1. The maximum absolute atomic E-state index is 12.7. The third-order valence-corrected chi connectivity index (χ3v) is 5.62. The summed E-state index contributed by atoms with van der Waals surface area (Å²) in [6.07, 6.45) is 3.12. The normalized spacial score (nSPS) is 12.2. The fraction of sp³-hybridized carbons (Fsp3) is 0.381. The SMILES string of the molecule is CC[C@H](C(=O)NCCCc1ccccc1)N(c1ccc(OC)cc1)S(C)(=O)=O. The molecule has 0 saturated carbocycles. The van der Waals surface area contributed by atoms with E-state index < -0.39 is 16.1 Å². The Kier molecular flexibility index (Phi) is 7.87. The van der Waals surface area contributed by atoms with Crippen LogP contribution in [-0.2, 0) is 21.2 Å². The number of benzene rings is 2. The molecule has 28 heavy (non-hydrogen) atoms. The van der Waals surface area contributed by atoms with Gasteiger partial charge in [0.1, 0.15) is 11.8 Å². The monoisotopic (exact) mass is 404 g/mol. The zero-order valence-corrected chi connectivity index (χ0v) is 17.4. The van der Waals surface area contributed by atoms with Gasteiger partial charge in [-0.2, -0.15) is 0 Å². The summed E-state index contributed by atoms with van der Waals surface area (Å²) in [5.41, 5.74) is 1.65. The standard InChI is InChI=1S/C21H28N2O4S/c1-4-20(21(24)22-16-8-11-17-9-6-5-7-10-17)23(28(3,25)26)18-12-14-19(27-2)15-13-18/h5-7,9-10,12-15,20H,4,8,11,16H2,1-3H3,(H,22,24)/t20-/m1/s1. The number of hydrogen-bond acceptors (Lipinski definition) is 4. The second-order valence-corrected chi connectivity index (χ2v) is 8.42. The molecule has 0 unspecified atom stereocenters. The fourth-order valence-corrected chi connectivity index (χ4v) is 4.27. The summed E-state index contributed by atoms with van der Waals surface area (Å²) >= 11 is 0. The van der Waals surface area contributed by atoms with Crippen LogP contribution in [0.25, 0.3) is 0 Å². The van der Waals surface area contributed by atoms with Crippen molar-refractivity contribution in [3.8, 4) is 5.75 Å². The highest BCUT2D eigenvalue weighted by molar-refractivity contribution is 7.92. The second kappa shape index (κ2) is 10.1. The van der Waals surface area contributed by atoms with Crippen molar-refractivity contribution in [1.29, 1.82) is 0 Å². The molecule has 2 aromatic carbocycles. The first-order valence-corrected chi connectivity index (χ1v) is 11.2. The van der Waals surface area contributed by atoms with Gasteiger partial charge < -0.3 is 10.1 Å². The first kappa shape index (κ1) is 21.8. The van der Waals surface area contributed by atoms with Gasteiger partial charge in [0.15, 0.2) is 0 Å². The van der Waals surface area contributed by atoms with Crippen LogP contribution in [0.4, 0.5) is 5.69 Å². The lowest BCUT2D eigenvalue weighted by molar-refractivity contribution is -0.122. The molecule has 0 saturated heterocycles. The van der Waals surface area contributed by atoms with Crippen molar-refractivity contribution < 1.29 is 17.9 Å². The number of carbonyl (C=O) groups is 1. The molecule has 0 aliphatic rings. The number of amides is 1. The van der Waals surface area contributed by atoms with Gasteiger partial charge in [0, 0.05) is 6.54 Å². The number of carbonyl (C=O) groups excluding carboxylic acids is 1. The molecule has 2 rings (SSSR count). The summed E-state index contributed by atoms with van der Waals surface area (Å²) in [7, 11) is -2.09. The average molecular weight is 405 g/mol. The molecule has 0 aliphatic carbocycles. The summed E-state index contributed by atoms with van der Waals surface area (Å²) < 4.78 is 31.1. The number of ether oxygens (including phenoxy) is 1. The highest BCUT2D eigenvalue weighted by atomic mass is 32.2. The molecule has 7 heteroatoms.